The molecule has 1 rings (SSSR count). The van der Waals surface area contributed by atoms with Crippen LogP contribution in [0.2, 0.25) is 0 Å². The Morgan fingerprint density at radius 1 is 1.10 bits per heavy atom. The summed E-state index contributed by atoms with van der Waals surface area (Å²) in [5.74, 6) is -0.0242. The molecule has 0 spiro atoms. The van der Waals surface area contributed by atoms with Crippen LogP contribution in [0, 0.1) is 0 Å². The molecule has 1 aliphatic heterocycles. The zero-order chi connectivity index (χ0) is 23.4. The second kappa shape index (κ2) is 19.5. The molecule has 1 atom stereocenters. The third-order valence-electron chi connectivity index (χ3n) is 3.69. The summed E-state index contributed by atoms with van der Waals surface area (Å²) in [4.78, 5) is 25.9. The van der Waals surface area contributed by atoms with E-state index >= 15 is 0 Å². The second-order valence-corrected chi connectivity index (χ2v) is 5.71. The van der Waals surface area contributed by atoms with E-state index in [2.05, 4.69) is 11.9 Å². The zero-order valence-electron chi connectivity index (χ0n) is 19.8. The van der Waals surface area contributed by atoms with Crippen LogP contribution in [0.15, 0.2) is 72.5 Å². The van der Waals surface area contributed by atoms with Crippen molar-refractivity contribution >= 4 is 12.0 Å². The average Bonchev–Trinajstić information content (AvgIpc) is 3.13. The summed E-state index contributed by atoms with van der Waals surface area (Å²) in [7, 11) is 0. The van der Waals surface area contributed by atoms with Crippen LogP contribution >= 0.6 is 0 Å². The Hall–Kier alpha value is -2.82. The molecule has 0 radical (unpaired) electrons. The molecule has 0 saturated carbocycles. The van der Waals surface area contributed by atoms with Crippen molar-refractivity contribution in [2.75, 3.05) is 13.2 Å². The highest BCUT2D eigenvalue weighted by molar-refractivity contribution is 5.83. The molecule has 1 unspecified atom stereocenters. The summed E-state index contributed by atoms with van der Waals surface area (Å²) in [6.07, 6.45) is 16.3. The van der Waals surface area contributed by atoms with Crippen molar-refractivity contribution in [3.63, 3.8) is 0 Å². The number of hydrogen-bond acceptors (Lipinski definition) is 3. The van der Waals surface area contributed by atoms with E-state index in [9.17, 15) is 9.59 Å². The average molecular weight is 417 g/mol. The van der Waals surface area contributed by atoms with E-state index in [-0.39, 0.29) is 25.0 Å². The smallest absolute Gasteiger partial charge is 0.407 e. The van der Waals surface area contributed by atoms with Gasteiger partial charge in [-0.2, -0.15) is 0 Å². The molecule has 2 amide bonds. The predicted octanol–water partition coefficient (Wildman–Crippen LogP) is 6.09. The van der Waals surface area contributed by atoms with Crippen molar-refractivity contribution in [1.29, 1.82) is 0 Å². The molecule has 0 aromatic heterocycles. The quantitative estimate of drug-likeness (QED) is 0.487. The maximum Gasteiger partial charge on any atom is 0.407 e. The standard InChI is InChI=1S/C21H28N2O3.2C2H6/c1-5-9-12-17(8-4)16-26-21(25)22-18-14-20(24)23(15-18)19(11-7-3)13-10-6-2;2*1-2/h5-13,18H,4,14-16H2,1-3H3,(H,22,25);2*1-2H3/b9-5-,10-6-,11-7-,17-12+,19-13+;;. The Balaban J connectivity index is 0. The van der Waals surface area contributed by atoms with Gasteiger partial charge in [0.2, 0.25) is 5.91 Å². The number of nitrogens with zero attached hydrogens (tertiary/aromatic N) is 1. The van der Waals surface area contributed by atoms with Gasteiger partial charge in [0.05, 0.1) is 6.04 Å². The molecule has 168 valence electrons. The third-order valence-corrected chi connectivity index (χ3v) is 3.69. The molecule has 1 aliphatic rings. The monoisotopic (exact) mass is 416 g/mol. The van der Waals surface area contributed by atoms with E-state index in [0.29, 0.717) is 6.54 Å². The molecule has 1 saturated heterocycles. The van der Waals surface area contributed by atoms with E-state index in [1.165, 1.54) is 0 Å². The van der Waals surface area contributed by atoms with Gasteiger partial charge in [0.1, 0.15) is 6.61 Å². The van der Waals surface area contributed by atoms with Crippen molar-refractivity contribution in [2.45, 2.75) is 60.9 Å². The molecule has 5 heteroatoms. The first-order valence-corrected chi connectivity index (χ1v) is 10.7. The SMILES string of the molecule is C=C/C(=C\C=C/C)COC(=O)NC1CC(=O)N(C(/C=C\C)=C/C=C\C)C1.CC.CC. The lowest BCUT2D eigenvalue weighted by molar-refractivity contribution is -0.125. The number of carbonyl (C=O) groups is 2. The number of carbonyl (C=O) groups excluding carboxylic acids is 2. The lowest BCUT2D eigenvalue weighted by Crippen LogP contribution is -2.37. The minimum absolute atomic E-state index is 0.0242. The van der Waals surface area contributed by atoms with Crippen LogP contribution < -0.4 is 5.32 Å². The fraction of sp³-hybridized carbons (Fsp3) is 0.440. The predicted molar refractivity (Wildman–Crippen MR) is 128 cm³/mol. The Bertz CT molecular complexity index is 655. The lowest BCUT2D eigenvalue weighted by Gasteiger charge is -2.18. The number of hydrogen-bond donors (Lipinski definition) is 1. The fourth-order valence-corrected chi connectivity index (χ4v) is 2.41. The molecule has 1 N–H and O–H groups in total. The van der Waals surface area contributed by atoms with Crippen molar-refractivity contribution in [2.24, 2.45) is 0 Å². The molecule has 0 aromatic rings. The van der Waals surface area contributed by atoms with Crippen molar-refractivity contribution in [1.82, 2.24) is 10.2 Å². The van der Waals surface area contributed by atoms with Crippen LogP contribution in [0.25, 0.3) is 0 Å². The molecule has 1 fully saturated rings. The first-order chi connectivity index (χ1) is 14.5. The number of rotatable bonds is 8. The van der Waals surface area contributed by atoms with E-state index in [4.69, 9.17) is 4.74 Å². The Morgan fingerprint density at radius 2 is 1.70 bits per heavy atom. The highest BCUT2D eigenvalue weighted by Crippen LogP contribution is 2.18. The summed E-state index contributed by atoms with van der Waals surface area (Å²) in [5, 5.41) is 2.76. The third kappa shape index (κ3) is 11.9. The van der Waals surface area contributed by atoms with Gasteiger partial charge in [-0.15, -0.1) is 0 Å². The summed E-state index contributed by atoms with van der Waals surface area (Å²) >= 11 is 0. The summed E-state index contributed by atoms with van der Waals surface area (Å²) in [6, 6.07) is -0.277. The molecular weight excluding hydrogens is 376 g/mol. The van der Waals surface area contributed by atoms with E-state index in [1.54, 1.807) is 11.0 Å². The van der Waals surface area contributed by atoms with Crippen LogP contribution in [0.4, 0.5) is 4.79 Å². The Labute approximate surface area is 183 Å². The summed E-state index contributed by atoms with van der Waals surface area (Å²) in [6.45, 7) is 18.0. The highest BCUT2D eigenvalue weighted by Gasteiger charge is 2.32. The molecule has 0 aromatic carbocycles. The largest absolute Gasteiger partial charge is 0.445 e. The van der Waals surface area contributed by atoms with E-state index in [0.717, 1.165) is 11.3 Å². The summed E-state index contributed by atoms with van der Waals surface area (Å²) < 4.78 is 5.20. The molecule has 1 heterocycles. The number of allylic oxidation sites excluding steroid dienone is 8. The van der Waals surface area contributed by atoms with Crippen molar-refractivity contribution in [3.8, 4) is 0 Å². The van der Waals surface area contributed by atoms with Gasteiger partial charge >= 0.3 is 6.09 Å². The molecule has 5 nitrogen and oxygen atoms in total. The van der Waals surface area contributed by atoms with Gasteiger partial charge in [0.15, 0.2) is 0 Å². The maximum absolute atomic E-state index is 12.3. The van der Waals surface area contributed by atoms with Crippen LogP contribution in [0.5, 0.6) is 0 Å². The van der Waals surface area contributed by atoms with Gasteiger partial charge in [-0.25, -0.2) is 4.79 Å². The normalized spacial score (nSPS) is 17.0. The number of ether oxygens (including phenoxy) is 1. The van der Waals surface area contributed by atoms with Crippen molar-refractivity contribution < 1.29 is 14.3 Å². The van der Waals surface area contributed by atoms with E-state index in [1.807, 2.05) is 97.1 Å². The van der Waals surface area contributed by atoms with Crippen LogP contribution in [-0.2, 0) is 9.53 Å². The fourth-order valence-electron chi connectivity index (χ4n) is 2.41. The molecule has 30 heavy (non-hydrogen) atoms. The van der Waals surface area contributed by atoms with Gasteiger partial charge in [-0.3, -0.25) is 4.79 Å². The number of likely N-dealkylation sites (tertiary alicyclic amines) is 1. The van der Waals surface area contributed by atoms with Gasteiger partial charge in [0.25, 0.3) is 0 Å². The topological polar surface area (TPSA) is 58.6 Å². The number of nitrogens with one attached hydrogen (secondary N) is 1. The molecule has 0 aliphatic carbocycles. The van der Waals surface area contributed by atoms with Gasteiger partial charge in [0, 0.05) is 18.7 Å². The molecule has 0 bridgehead atoms. The Morgan fingerprint density at radius 3 is 2.23 bits per heavy atom. The highest BCUT2D eigenvalue weighted by atomic mass is 16.5. The first kappa shape index (κ1) is 29.4. The minimum Gasteiger partial charge on any atom is -0.445 e. The lowest BCUT2D eigenvalue weighted by atomic mass is 10.2. The Kier molecular flexibility index (Phi) is 19.1. The van der Waals surface area contributed by atoms with Crippen LogP contribution in [-0.4, -0.2) is 36.1 Å². The second-order valence-electron chi connectivity index (χ2n) is 5.71. The van der Waals surface area contributed by atoms with Gasteiger partial charge < -0.3 is 15.0 Å². The van der Waals surface area contributed by atoms with Crippen LogP contribution in [0.3, 0.4) is 0 Å². The van der Waals surface area contributed by atoms with E-state index < -0.39 is 6.09 Å². The number of amides is 2. The summed E-state index contributed by atoms with van der Waals surface area (Å²) in [5.41, 5.74) is 1.60. The van der Waals surface area contributed by atoms with Crippen LogP contribution in [0.1, 0.15) is 54.9 Å². The van der Waals surface area contributed by atoms with Crippen molar-refractivity contribution in [3.05, 3.63) is 72.5 Å². The first-order valence-electron chi connectivity index (χ1n) is 10.7. The molecular formula is C25H40N2O3. The number of alkyl carbamates (subject to hydrolysis) is 1. The van der Waals surface area contributed by atoms with Gasteiger partial charge in [-0.1, -0.05) is 76.8 Å². The van der Waals surface area contributed by atoms with Gasteiger partial charge in [-0.05, 0) is 38.5 Å². The zero-order valence-corrected chi connectivity index (χ0v) is 19.8. The minimum atomic E-state index is -0.539. The maximum atomic E-state index is 12.3.